The van der Waals surface area contributed by atoms with Crippen LogP contribution in [0.4, 0.5) is 0 Å². The fourth-order valence-electron chi connectivity index (χ4n) is 1.88. The lowest BCUT2D eigenvalue weighted by Gasteiger charge is -2.14. The molecular formula is C16H16ClNO2. The molecule has 0 aliphatic carbocycles. The number of hydrogen-bond donors (Lipinski definition) is 1. The number of halogens is 1. The summed E-state index contributed by atoms with van der Waals surface area (Å²) in [5.74, 6) is 0.601. The Labute approximate surface area is 123 Å². The van der Waals surface area contributed by atoms with Crippen LogP contribution in [-0.4, -0.2) is 13.0 Å². The van der Waals surface area contributed by atoms with E-state index in [1.807, 2.05) is 31.2 Å². The molecule has 0 unspecified atom stereocenters. The van der Waals surface area contributed by atoms with Crippen molar-refractivity contribution in [1.82, 2.24) is 5.32 Å². The van der Waals surface area contributed by atoms with Gasteiger partial charge in [-0.15, -0.1) is 0 Å². The maximum Gasteiger partial charge on any atom is 0.251 e. The first-order chi connectivity index (χ1) is 9.60. The molecular weight excluding hydrogens is 274 g/mol. The maximum atomic E-state index is 12.1. The first kappa shape index (κ1) is 14.4. The Morgan fingerprint density at radius 2 is 1.90 bits per heavy atom. The van der Waals surface area contributed by atoms with Crippen molar-refractivity contribution in [2.45, 2.75) is 13.0 Å². The Kier molecular flexibility index (Phi) is 4.64. The molecule has 3 nitrogen and oxygen atoms in total. The number of amides is 1. The van der Waals surface area contributed by atoms with Crippen molar-refractivity contribution in [3.8, 4) is 5.75 Å². The van der Waals surface area contributed by atoms with Crippen molar-refractivity contribution in [2.24, 2.45) is 0 Å². The highest BCUT2D eigenvalue weighted by atomic mass is 35.5. The van der Waals surface area contributed by atoms with Gasteiger partial charge < -0.3 is 10.1 Å². The number of rotatable bonds is 4. The van der Waals surface area contributed by atoms with Gasteiger partial charge >= 0.3 is 0 Å². The first-order valence-electron chi connectivity index (χ1n) is 6.30. The van der Waals surface area contributed by atoms with Crippen LogP contribution in [0.5, 0.6) is 5.75 Å². The Bertz CT molecular complexity index is 596. The molecule has 0 aliphatic heterocycles. The highest BCUT2D eigenvalue weighted by Crippen LogP contribution is 2.18. The third-order valence-electron chi connectivity index (χ3n) is 3.05. The van der Waals surface area contributed by atoms with E-state index in [9.17, 15) is 4.79 Å². The summed E-state index contributed by atoms with van der Waals surface area (Å²) in [6, 6.07) is 14.3. The van der Waals surface area contributed by atoms with E-state index >= 15 is 0 Å². The van der Waals surface area contributed by atoms with E-state index in [1.54, 1.807) is 31.4 Å². The van der Waals surface area contributed by atoms with Crippen LogP contribution in [0.15, 0.2) is 48.5 Å². The molecule has 2 aromatic carbocycles. The third-order valence-corrected chi connectivity index (χ3v) is 3.28. The Hall–Kier alpha value is -2.00. The normalized spacial score (nSPS) is 11.8. The summed E-state index contributed by atoms with van der Waals surface area (Å²) in [6.45, 7) is 1.92. The predicted molar refractivity (Wildman–Crippen MR) is 80.3 cm³/mol. The molecule has 104 valence electrons. The number of benzene rings is 2. The second-order valence-electron chi connectivity index (χ2n) is 4.48. The molecule has 0 radical (unpaired) electrons. The summed E-state index contributed by atoms with van der Waals surface area (Å²) in [5, 5.41) is 3.60. The molecule has 0 fully saturated rings. The summed E-state index contributed by atoms with van der Waals surface area (Å²) >= 11 is 5.95. The minimum Gasteiger partial charge on any atom is -0.497 e. The molecule has 0 aromatic heterocycles. The van der Waals surface area contributed by atoms with Crippen LogP contribution in [0.3, 0.4) is 0 Å². The number of carbonyl (C=O) groups excluding carboxylic acids is 1. The molecule has 4 heteroatoms. The van der Waals surface area contributed by atoms with Gasteiger partial charge in [-0.25, -0.2) is 0 Å². The van der Waals surface area contributed by atoms with Gasteiger partial charge in [0.1, 0.15) is 5.75 Å². The summed E-state index contributed by atoms with van der Waals surface area (Å²) in [7, 11) is 1.59. The number of carbonyl (C=O) groups is 1. The van der Waals surface area contributed by atoms with Crippen molar-refractivity contribution < 1.29 is 9.53 Å². The molecule has 1 N–H and O–H groups in total. The van der Waals surface area contributed by atoms with E-state index in [1.165, 1.54) is 0 Å². The predicted octanol–water partition coefficient (Wildman–Crippen LogP) is 3.84. The molecule has 2 aromatic rings. The van der Waals surface area contributed by atoms with Gasteiger partial charge in [0.05, 0.1) is 13.2 Å². The van der Waals surface area contributed by atoms with Crippen LogP contribution in [0.1, 0.15) is 28.9 Å². The van der Waals surface area contributed by atoms with E-state index in [4.69, 9.17) is 16.3 Å². The Balaban J connectivity index is 2.06. The van der Waals surface area contributed by atoms with Crippen LogP contribution in [0, 0.1) is 0 Å². The monoisotopic (exact) mass is 289 g/mol. The summed E-state index contributed by atoms with van der Waals surface area (Å²) in [6.07, 6.45) is 0. The number of hydrogen-bond acceptors (Lipinski definition) is 2. The van der Waals surface area contributed by atoms with Gasteiger partial charge in [0, 0.05) is 10.6 Å². The second-order valence-corrected chi connectivity index (χ2v) is 4.92. The van der Waals surface area contributed by atoms with Crippen LogP contribution < -0.4 is 10.1 Å². The van der Waals surface area contributed by atoms with E-state index < -0.39 is 0 Å². The van der Waals surface area contributed by atoms with Gasteiger partial charge in [-0.05, 0) is 48.9 Å². The lowest BCUT2D eigenvalue weighted by Crippen LogP contribution is -2.26. The van der Waals surface area contributed by atoms with Crippen molar-refractivity contribution >= 4 is 17.5 Å². The highest BCUT2D eigenvalue weighted by Gasteiger charge is 2.11. The molecule has 0 saturated heterocycles. The zero-order valence-electron chi connectivity index (χ0n) is 11.4. The average molecular weight is 290 g/mol. The van der Waals surface area contributed by atoms with Crippen molar-refractivity contribution in [2.75, 3.05) is 7.11 Å². The van der Waals surface area contributed by atoms with Crippen molar-refractivity contribution in [3.05, 3.63) is 64.7 Å². The average Bonchev–Trinajstić information content (AvgIpc) is 2.47. The number of methoxy groups -OCH3 is 1. The Morgan fingerprint density at radius 3 is 2.50 bits per heavy atom. The molecule has 20 heavy (non-hydrogen) atoms. The molecule has 1 amide bonds. The molecule has 0 saturated carbocycles. The molecule has 0 bridgehead atoms. The van der Waals surface area contributed by atoms with Gasteiger partial charge in [0.2, 0.25) is 0 Å². The van der Waals surface area contributed by atoms with Gasteiger partial charge in [-0.3, -0.25) is 4.79 Å². The first-order valence-corrected chi connectivity index (χ1v) is 6.68. The van der Waals surface area contributed by atoms with E-state index in [2.05, 4.69) is 5.32 Å². The zero-order chi connectivity index (χ0) is 14.5. The van der Waals surface area contributed by atoms with E-state index in [0.717, 1.165) is 11.3 Å². The lowest BCUT2D eigenvalue weighted by molar-refractivity contribution is 0.0940. The summed E-state index contributed by atoms with van der Waals surface area (Å²) < 4.78 is 5.07. The third kappa shape index (κ3) is 3.52. The molecule has 0 spiro atoms. The van der Waals surface area contributed by atoms with E-state index in [-0.39, 0.29) is 11.9 Å². The molecule has 2 rings (SSSR count). The van der Waals surface area contributed by atoms with Gasteiger partial charge in [-0.1, -0.05) is 23.7 Å². The maximum absolute atomic E-state index is 12.1. The van der Waals surface area contributed by atoms with Gasteiger partial charge in [-0.2, -0.15) is 0 Å². The Morgan fingerprint density at radius 1 is 1.20 bits per heavy atom. The smallest absolute Gasteiger partial charge is 0.251 e. The van der Waals surface area contributed by atoms with Gasteiger partial charge in [0.25, 0.3) is 5.91 Å². The lowest BCUT2D eigenvalue weighted by atomic mass is 10.1. The fraction of sp³-hybridized carbons (Fsp3) is 0.188. The topological polar surface area (TPSA) is 38.3 Å². The SMILES string of the molecule is COc1ccc(C(=O)N[C@H](C)c2cccc(Cl)c2)cc1. The standard InChI is InChI=1S/C16H16ClNO2/c1-11(13-4-3-5-14(17)10-13)18-16(19)12-6-8-15(20-2)9-7-12/h3-11H,1-2H3,(H,18,19)/t11-/m1/s1. The number of nitrogens with one attached hydrogen (secondary N) is 1. The summed E-state index contributed by atoms with van der Waals surface area (Å²) in [4.78, 5) is 12.1. The summed E-state index contributed by atoms with van der Waals surface area (Å²) in [5.41, 5.74) is 1.57. The molecule has 0 aliphatic rings. The quantitative estimate of drug-likeness (QED) is 0.929. The second kappa shape index (κ2) is 6.44. The van der Waals surface area contributed by atoms with Crippen LogP contribution in [-0.2, 0) is 0 Å². The minimum atomic E-state index is -0.125. The fourth-order valence-corrected chi connectivity index (χ4v) is 2.08. The zero-order valence-corrected chi connectivity index (χ0v) is 12.1. The van der Waals surface area contributed by atoms with Crippen molar-refractivity contribution in [3.63, 3.8) is 0 Å². The van der Waals surface area contributed by atoms with Crippen LogP contribution in [0.2, 0.25) is 5.02 Å². The molecule has 0 heterocycles. The minimum absolute atomic E-state index is 0.108. The van der Waals surface area contributed by atoms with Crippen molar-refractivity contribution in [1.29, 1.82) is 0 Å². The van der Waals surface area contributed by atoms with Crippen LogP contribution >= 0.6 is 11.6 Å². The largest absolute Gasteiger partial charge is 0.497 e. The van der Waals surface area contributed by atoms with E-state index in [0.29, 0.717) is 10.6 Å². The number of ether oxygens (including phenoxy) is 1. The van der Waals surface area contributed by atoms with Crippen LogP contribution in [0.25, 0.3) is 0 Å². The van der Waals surface area contributed by atoms with Gasteiger partial charge in [0.15, 0.2) is 0 Å². The molecule has 1 atom stereocenters. The highest BCUT2D eigenvalue weighted by molar-refractivity contribution is 6.30.